The normalized spacial score (nSPS) is 15.3. The third-order valence-electron chi connectivity index (χ3n) is 6.79. The summed E-state index contributed by atoms with van der Waals surface area (Å²) in [5, 5.41) is 14.8. The SMILES string of the molecule is O=C(NC1(C(=O)Nc2cc(C(=O)O)ccc2I)CCC1)OCC1c2ccccc2-c2ccccc21. The highest BCUT2D eigenvalue weighted by molar-refractivity contribution is 14.1. The van der Waals surface area contributed by atoms with E-state index in [4.69, 9.17) is 4.74 Å². The van der Waals surface area contributed by atoms with Crippen LogP contribution in [-0.4, -0.2) is 35.2 Å². The van der Waals surface area contributed by atoms with E-state index in [1.807, 2.05) is 46.9 Å². The highest BCUT2D eigenvalue weighted by atomic mass is 127. The standard InChI is InChI=1S/C27H23IN2O5/c28-22-11-10-16(24(31)32)14-23(22)29-25(33)27(12-5-13-27)30-26(34)35-15-21-19-8-3-1-6-17(19)18-7-2-4-9-20(18)21/h1-4,6-11,14,21H,5,12-13,15H2,(H,29,33)(H,30,34)(H,31,32). The summed E-state index contributed by atoms with van der Waals surface area (Å²) in [6.07, 6.45) is 1.12. The maximum Gasteiger partial charge on any atom is 0.408 e. The predicted molar refractivity (Wildman–Crippen MR) is 140 cm³/mol. The Morgan fingerprint density at radius 2 is 1.60 bits per heavy atom. The average molecular weight is 582 g/mol. The first-order chi connectivity index (χ1) is 16.9. The van der Waals surface area contributed by atoms with Crippen LogP contribution in [0.25, 0.3) is 11.1 Å². The van der Waals surface area contributed by atoms with Crippen LogP contribution in [0.5, 0.6) is 0 Å². The lowest BCUT2D eigenvalue weighted by Gasteiger charge is -2.40. The molecule has 0 spiro atoms. The summed E-state index contributed by atoms with van der Waals surface area (Å²) in [5.74, 6) is -1.52. The van der Waals surface area contributed by atoms with Crippen LogP contribution < -0.4 is 10.6 Å². The molecule has 2 aliphatic carbocycles. The molecule has 0 radical (unpaired) electrons. The van der Waals surface area contributed by atoms with E-state index in [1.54, 1.807) is 6.07 Å². The van der Waals surface area contributed by atoms with Gasteiger partial charge in [0.05, 0.1) is 11.3 Å². The first-order valence-electron chi connectivity index (χ1n) is 11.4. The monoisotopic (exact) mass is 582 g/mol. The summed E-state index contributed by atoms with van der Waals surface area (Å²) >= 11 is 2.03. The van der Waals surface area contributed by atoms with Crippen molar-refractivity contribution in [3.8, 4) is 11.1 Å². The lowest BCUT2D eigenvalue weighted by molar-refractivity contribution is -0.125. The van der Waals surface area contributed by atoms with Gasteiger partial charge in [-0.1, -0.05) is 48.5 Å². The van der Waals surface area contributed by atoms with E-state index in [0.29, 0.717) is 22.1 Å². The van der Waals surface area contributed by atoms with Crippen LogP contribution in [0.3, 0.4) is 0 Å². The summed E-state index contributed by atoms with van der Waals surface area (Å²) < 4.78 is 6.34. The first kappa shape index (κ1) is 23.3. The van der Waals surface area contributed by atoms with Crippen LogP contribution in [-0.2, 0) is 9.53 Å². The van der Waals surface area contributed by atoms with Crippen LogP contribution in [0.4, 0.5) is 10.5 Å². The zero-order valence-electron chi connectivity index (χ0n) is 18.7. The molecule has 0 saturated heterocycles. The predicted octanol–water partition coefficient (Wildman–Crippen LogP) is 5.39. The maximum atomic E-state index is 13.1. The molecule has 3 N–H and O–H groups in total. The molecule has 2 aliphatic rings. The van der Waals surface area contributed by atoms with E-state index in [-0.39, 0.29) is 24.0 Å². The van der Waals surface area contributed by atoms with Gasteiger partial charge in [0.1, 0.15) is 12.1 Å². The van der Waals surface area contributed by atoms with Crippen molar-refractivity contribution in [3.05, 3.63) is 87.0 Å². The highest BCUT2D eigenvalue weighted by Gasteiger charge is 2.46. The molecule has 2 amide bonds. The number of rotatable bonds is 6. The van der Waals surface area contributed by atoms with Gasteiger partial charge in [0.25, 0.3) is 0 Å². The molecule has 5 rings (SSSR count). The maximum absolute atomic E-state index is 13.1. The Morgan fingerprint density at radius 3 is 2.17 bits per heavy atom. The van der Waals surface area contributed by atoms with Crippen molar-refractivity contribution < 1.29 is 24.2 Å². The van der Waals surface area contributed by atoms with Gasteiger partial charge in [-0.25, -0.2) is 9.59 Å². The lowest BCUT2D eigenvalue weighted by atomic mass is 9.76. The topological polar surface area (TPSA) is 105 Å². The highest BCUT2D eigenvalue weighted by Crippen LogP contribution is 2.44. The first-order valence-corrected chi connectivity index (χ1v) is 12.4. The van der Waals surface area contributed by atoms with Crippen molar-refractivity contribution in [1.82, 2.24) is 5.32 Å². The van der Waals surface area contributed by atoms with E-state index >= 15 is 0 Å². The number of hydrogen-bond acceptors (Lipinski definition) is 4. The van der Waals surface area contributed by atoms with Crippen molar-refractivity contribution in [2.75, 3.05) is 11.9 Å². The number of aromatic carboxylic acids is 1. The zero-order chi connectivity index (χ0) is 24.6. The molecule has 3 aromatic rings. The van der Waals surface area contributed by atoms with Crippen LogP contribution in [0.2, 0.25) is 0 Å². The van der Waals surface area contributed by atoms with Gasteiger partial charge in [-0.05, 0) is 82.3 Å². The Kier molecular flexibility index (Phi) is 6.22. The van der Waals surface area contributed by atoms with E-state index in [9.17, 15) is 19.5 Å². The summed E-state index contributed by atoms with van der Waals surface area (Å²) in [4.78, 5) is 37.3. The van der Waals surface area contributed by atoms with Gasteiger partial charge in [0.15, 0.2) is 0 Å². The van der Waals surface area contributed by atoms with Gasteiger partial charge >= 0.3 is 12.1 Å². The van der Waals surface area contributed by atoms with E-state index < -0.39 is 17.6 Å². The van der Waals surface area contributed by atoms with Crippen molar-refractivity contribution in [1.29, 1.82) is 0 Å². The second-order valence-electron chi connectivity index (χ2n) is 8.84. The number of fused-ring (bicyclic) bond motifs is 3. The van der Waals surface area contributed by atoms with Gasteiger partial charge in [0.2, 0.25) is 5.91 Å². The van der Waals surface area contributed by atoms with Crippen LogP contribution >= 0.6 is 22.6 Å². The zero-order valence-corrected chi connectivity index (χ0v) is 20.9. The number of carbonyl (C=O) groups is 3. The van der Waals surface area contributed by atoms with Gasteiger partial charge in [0, 0.05) is 9.49 Å². The molecule has 3 aromatic carbocycles. The van der Waals surface area contributed by atoms with E-state index in [1.165, 1.54) is 12.1 Å². The molecule has 7 nitrogen and oxygen atoms in total. The van der Waals surface area contributed by atoms with Crippen LogP contribution in [0, 0.1) is 3.57 Å². The van der Waals surface area contributed by atoms with Crippen molar-refractivity contribution in [3.63, 3.8) is 0 Å². The van der Waals surface area contributed by atoms with Gasteiger partial charge in [-0.2, -0.15) is 0 Å². The fourth-order valence-electron chi connectivity index (χ4n) is 4.77. The second kappa shape index (κ2) is 9.33. The minimum absolute atomic E-state index is 0.0698. The molecule has 8 heteroatoms. The van der Waals surface area contributed by atoms with E-state index in [0.717, 1.165) is 28.7 Å². The molecular weight excluding hydrogens is 559 g/mol. The molecule has 1 saturated carbocycles. The van der Waals surface area contributed by atoms with Gasteiger partial charge in [-0.3, -0.25) is 4.79 Å². The minimum Gasteiger partial charge on any atom is -0.478 e. The fraction of sp³-hybridized carbons (Fsp3) is 0.222. The average Bonchev–Trinajstić information content (AvgIpc) is 3.15. The number of carbonyl (C=O) groups excluding carboxylic acids is 2. The Morgan fingerprint density at radius 1 is 0.971 bits per heavy atom. The molecule has 0 atom stereocenters. The quantitative estimate of drug-likeness (QED) is 0.339. The number of hydrogen-bond donors (Lipinski definition) is 3. The Labute approximate surface area is 216 Å². The number of alkyl carbamates (subject to hydrolysis) is 1. The molecule has 0 bridgehead atoms. The summed E-state index contributed by atoms with van der Waals surface area (Å²) in [7, 11) is 0. The fourth-order valence-corrected chi connectivity index (χ4v) is 5.24. The number of carboxylic acids is 1. The Balaban J connectivity index is 1.27. The number of amides is 2. The molecule has 35 heavy (non-hydrogen) atoms. The molecule has 0 aliphatic heterocycles. The summed E-state index contributed by atoms with van der Waals surface area (Å²) in [5.41, 5.74) is 3.92. The largest absolute Gasteiger partial charge is 0.478 e. The van der Waals surface area contributed by atoms with Crippen LogP contribution in [0.15, 0.2) is 66.7 Å². The van der Waals surface area contributed by atoms with Gasteiger partial charge < -0.3 is 20.5 Å². The summed E-state index contributed by atoms with van der Waals surface area (Å²) in [6, 6.07) is 20.7. The van der Waals surface area contributed by atoms with E-state index in [2.05, 4.69) is 34.9 Å². The number of ether oxygens (including phenoxy) is 1. The Hall–Kier alpha value is -3.40. The third-order valence-corrected chi connectivity index (χ3v) is 7.73. The number of anilines is 1. The number of halogens is 1. The smallest absolute Gasteiger partial charge is 0.408 e. The van der Waals surface area contributed by atoms with Crippen LogP contribution in [0.1, 0.15) is 46.7 Å². The molecule has 0 heterocycles. The molecule has 0 unspecified atom stereocenters. The van der Waals surface area contributed by atoms with Crippen molar-refractivity contribution >= 4 is 46.2 Å². The number of benzene rings is 3. The Bertz CT molecular complexity index is 1290. The van der Waals surface area contributed by atoms with Crippen molar-refractivity contribution in [2.45, 2.75) is 30.7 Å². The number of carboxylic acid groups (broad SMARTS) is 1. The molecule has 0 aromatic heterocycles. The summed E-state index contributed by atoms with van der Waals surface area (Å²) in [6.45, 7) is 0.163. The minimum atomic E-state index is -1.08. The van der Waals surface area contributed by atoms with Gasteiger partial charge in [-0.15, -0.1) is 0 Å². The molecule has 178 valence electrons. The third kappa shape index (κ3) is 4.38. The van der Waals surface area contributed by atoms with Crippen molar-refractivity contribution in [2.24, 2.45) is 0 Å². The lowest BCUT2D eigenvalue weighted by Crippen LogP contribution is -2.61. The second-order valence-corrected chi connectivity index (χ2v) is 10.0. The molecule has 1 fully saturated rings. The molecular formula is C27H23IN2O5. The number of nitrogens with one attached hydrogen (secondary N) is 2.